The third-order valence-electron chi connectivity index (χ3n) is 1.60. The normalized spacial score (nSPS) is 11.4. The highest BCUT2D eigenvalue weighted by molar-refractivity contribution is 9.10. The molecular formula is C10H14BrN3. The molecule has 1 aromatic rings. The zero-order valence-electron chi connectivity index (χ0n) is 8.13. The van der Waals surface area contributed by atoms with Gasteiger partial charge in [0, 0.05) is 16.7 Å². The summed E-state index contributed by atoms with van der Waals surface area (Å²) >= 11 is 3.38. The molecule has 4 heteroatoms. The second-order valence-electron chi connectivity index (χ2n) is 2.90. The molecule has 0 heterocycles. The fourth-order valence-electron chi connectivity index (χ4n) is 0.986. The van der Waals surface area contributed by atoms with Crippen molar-refractivity contribution in [2.75, 3.05) is 11.9 Å². The molecule has 3 N–H and O–H groups in total. The first-order valence-electron chi connectivity index (χ1n) is 4.55. The van der Waals surface area contributed by atoms with Crippen LogP contribution in [0.5, 0.6) is 0 Å². The molecule has 0 atom stereocenters. The zero-order valence-corrected chi connectivity index (χ0v) is 9.71. The second kappa shape index (κ2) is 5.65. The maximum absolute atomic E-state index is 5.67. The monoisotopic (exact) mass is 255 g/mol. The molecule has 0 aliphatic rings. The van der Waals surface area contributed by atoms with Crippen molar-refractivity contribution < 1.29 is 0 Å². The minimum atomic E-state index is 0.463. The van der Waals surface area contributed by atoms with E-state index in [1.54, 1.807) is 0 Å². The van der Waals surface area contributed by atoms with E-state index in [9.17, 15) is 0 Å². The van der Waals surface area contributed by atoms with Crippen LogP contribution in [0.4, 0.5) is 5.69 Å². The molecule has 0 saturated carbocycles. The molecule has 0 aliphatic heterocycles. The highest BCUT2D eigenvalue weighted by atomic mass is 79.9. The predicted molar refractivity (Wildman–Crippen MR) is 64.5 cm³/mol. The Morgan fingerprint density at radius 2 is 2.36 bits per heavy atom. The van der Waals surface area contributed by atoms with Gasteiger partial charge < -0.3 is 11.1 Å². The number of hydrogen-bond donors (Lipinski definition) is 2. The first-order valence-corrected chi connectivity index (χ1v) is 5.34. The van der Waals surface area contributed by atoms with Crippen LogP contribution in [0.15, 0.2) is 33.7 Å². The number of guanidine groups is 1. The molecule has 0 aliphatic carbocycles. The van der Waals surface area contributed by atoms with Gasteiger partial charge in [-0.1, -0.05) is 28.9 Å². The lowest BCUT2D eigenvalue weighted by atomic mass is 10.3. The van der Waals surface area contributed by atoms with E-state index < -0.39 is 0 Å². The van der Waals surface area contributed by atoms with Gasteiger partial charge in [-0.3, -0.25) is 4.99 Å². The maximum atomic E-state index is 5.67. The molecular weight excluding hydrogens is 242 g/mol. The summed E-state index contributed by atoms with van der Waals surface area (Å²) in [5, 5.41) is 3.02. The third-order valence-corrected chi connectivity index (χ3v) is 2.10. The Bertz CT molecular complexity index is 323. The van der Waals surface area contributed by atoms with E-state index in [1.165, 1.54) is 0 Å². The molecule has 14 heavy (non-hydrogen) atoms. The topological polar surface area (TPSA) is 50.4 Å². The van der Waals surface area contributed by atoms with Gasteiger partial charge in [-0.05, 0) is 24.6 Å². The lowest BCUT2D eigenvalue weighted by molar-refractivity contribution is 0.929. The van der Waals surface area contributed by atoms with Crippen molar-refractivity contribution in [3.05, 3.63) is 28.7 Å². The van der Waals surface area contributed by atoms with Crippen LogP contribution in [0.3, 0.4) is 0 Å². The van der Waals surface area contributed by atoms with Crippen LogP contribution in [-0.2, 0) is 0 Å². The van der Waals surface area contributed by atoms with Crippen LogP contribution in [0.1, 0.15) is 13.3 Å². The largest absolute Gasteiger partial charge is 0.370 e. The Hall–Kier alpha value is -1.03. The van der Waals surface area contributed by atoms with Gasteiger partial charge >= 0.3 is 0 Å². The number of halogens is 1. The smallest absolute Gasteiger partial charge is 0.193 e. The van der Waals surface area contributed by atoms with Gasteiger partial charge in [-0.25, -0.2) is 0 Å². The Labute approximate surface area is 92.5 Å². The van der Waals surface area contributed by atoms with Crippen LogP contribution < -0.4 is 11.1 Å². The first-order chi connectivity index (χ1) is 6.72. The van der Waals surface area contributed by atoms with Gasteiger partial charge in [0.05, 0.1) is 0 Å². The minimum Gasteiger partial charge on any atom is -0.370 e. The van der Waals surface area contributed by atoms with Crippen molar-refractivity contribution in [3.8, 4) is 0 Å². The molecule has 0 bridgehead atoms. The quantitative estimate of drug-likeness (QED) is 0.645. The van der Waals surface area contributed by atoms with Crippen molar-refractivity contribution in [2.24, 2.45) is 10.7 Å². The molecule has 76 valence electrons. The van der Waals surface area contributed by atoms with Crippen LogP contribution in [0.2, 0.25) is 0 Å². The summed E-state index contributed by atoms with van der Waals surface area (Å²) in [6.07, 6.45) is 1.00. The van der Waals surface area contributed by atoms with Crippen molar-refractivity contribution in [1.82, 2.24) is 0 Å². The molecule has 0 aromatic heterocycles. The van der Waals surface area contributed by atoms with Crippen molar-refractivity contribution in [3.63, 3.8) is 0 Å². The average Bonchev–Trinajstić information content (AvgIpc) is 2.15. The van der Waals surface area contributed by atoms with E-state index in [0.717, 1.165) is 23.1 Å². The van der Waals surface area contributed by atoms with Gasteiger partial charge in [0.2, 0.25) is 0 Å². The Balaban J connectivity index is 2.60. The summed E-state index contributed by atoms with van der Waals surface area (Å²) in [6.45, 7) is 2.82. The summed E-state index contributed by atoms with van der Waals surface area (Å²) in [4.78, 5) is 4.14. The summed E-state index contributed by atoms with van der Waals surface area (Å²) in [5.74, 6) is 0.463. The van der Waals surface area contributed by atoms with Crippen LogP contribution >= 0.6 is 15.9 Å². The standard InChI is InChI=1S/C10H14BrN3/c1-2-6-13-10(12)14-9-5-3-4-8(11)7-9/h3-5,7H,2,6H2,1H3,(H3,12,13,14). The lowest BCUT2D eigenvalue weighted by Crippen LogP contribution is -2.22. The summed E-state index contributed by atoms with van der Waals surface area (Å²) in [6, 6.07) is 7.80. The third kappa shape index (κ3) is 3.79. The average molecular weight is 256 g/mol. The molecule has 0 unspecified atom stereocenters. The lowest BCUT2D eigenvalue weighted by Gasteiger charge is -2.05. The van der Waals surface area contributed by atoms with E-state index in [1.807, 2.05) is 24.3 Å². The molecule has 1 rings (SSSR count). The van der Waals surface area contributed by atoms with E-state index in [4.69, 9.17) is 5.73 Å². The van der Waals surface area contributed by atoms with Crippen LogP contribution in [0.25, 0.3) is 0 Å². The SMILES string of the molecule is CCCN=C(N)Nc1cccc(Br)c1. The number of hydrogen-bond acceptors (Lipinski definition) is 1. The first kappa shape index (κ1) is 11.0. The fourth-order valence-corrected chi connectivity index (χ4v) is 1.39. The molecule has 0 fully saturated rings. The summed E-state index contributed by atoms with van der Waals surface area (Å²) in [7, 11) is 0. The van der Waals surface area contributed by atoms with Crippen molar-refractivity contribution in [1.29, 1.82) is 0 Å². The van der Waals surface area contributed by atoms with Crippen LogP contribution in [-0.4, -0.2) is 12.5 Å². The van der Waals surface area contributed by atoms with Crippen molar-refractivity contribution in [2.45, 2.75) is 13.3 Å². The molecule has 0 radical (unpaired) electrons. The van der Waals surface area contributed by atoms with Crippen molar-refractivity contribution >= 4 is 27.6 Å². The summed E-state index contributed by atoms with van der Waals surface area (Å²) < 4.78 is 1.02. The minimum absolute atomic E-state index is 0.463. The van der Waals surface area contributed by atoms with Gasteiger partial charge in [-0.2, -0.15) is 0 Å². The number of anilines is 1. The number of nitrogens with two attached hydrogens (primary N) is 1. The second-order valence-corrected chi connectivity index (χ2v) is 3.82. The molecule has 0 amide bonds. The number of nitrogens with one attached hydrogen (secondary N) is 1. The van der Waals surface area contributed by atoms with E-state index in [2.05, 4.69) is 33.2 Å². The number of rotatable bonds is 3. The van der Waals surface area contributed by atoms with Gasteiger partial charge in [0.25, 0.3) is 0 Å². The Kier molecular flexibility index (Phi) is 4.46. The Morgan fingerprint density at radius 3 is 3.00 bits per heavy atom. The fraction of sp³-hybridized carbons (Fsp3) is 0.300. The van der Waals surface area contributed by atoms with Gasteiger partial charge in [0.1, 0.15) is 0 Å². The van der Waals surface area contributed by atoms with E-state index in [-0.39, 0.29) is 0 Å². The maximum Gasteiger partial charge on any atom is 0.193 e. The molecule has 3 nitrogen and oxygen atoms in total. The summed E-state index contributed by atoms with van der Waals surface area (Å²) in [5.41, 5.74) is 6.61. The van der Waals surface area contributed by atoms with Gasteiger partial charge in [-0.15, -0.1) is 0 Å². The number of nitrogens with zero attached hydrogens (tertiary/aromatic N) is 1. The molecule has 0 saturated heterocycles. The van der Waals surface area contributed by atoms with E-state index in [0.29, 0.717) is 5.96 Å². The highest BCUT2D eigenvalue weighted by Crippen LogP contribution is 2.15. The van der Waals surface area contributed by atoms with Gasteiger partial charge in [0.15, 0.2) is 5.96 Å². The highest BCUT2D eigenvalue weighted by Gasteiger charge is 1.94. The molecule has 0 spiro atoms. The van der Waals surface area contributed by atoms with Crippen LogP contribution in [0, 0.1) is 0 Å². The van der Waals surface area contributed by atoms with E-state index >= 15 is 0 Å². The Morgan fingerprint density at radius 1 is 1.57 bits per heavy atom. The zero-order chi connectivity index (χ0) is 10.4. The number of aliphatic imine (C=N–C) groups is 1. The molecule has 1 aromatic carbocycles. The predicted octanol–water partition coefficient (Wildman–Crippen LogP) is 2.59. The number of benzene rings is 1.